The van der Waals surface area contributed by atoms with Gasteiger partial charge in [0.15, 0.2) is 5.78 Å². The summed E-state index contributed by atoms with van der Waals surface area (Å²) in [5.74, 6) is 0.306. The number of Topliss-reactive ketones (excluding diaryl/α,β-unsaturated/α-hetero) is 1. The third-order valence-corrected chi connectivity index (χ3v) is 2.40. The Labute approximate surface area is 78.1 Å². The molecule has 0 bridgehead atoms. The van der Waals surface area contributed by atoms with E-state index in [9.17, 15) is 4.79 Å². The van der Waals surface area contributed by atoms with E-state index in [2.05, 4.69) is 19.1 Å². The molecule has 66 valence electrons. The number of benzene rings is 1. The molecule has 0 spiro atoms. The number of ketones is 1. The molecule has 0 saturated heterocycles. The summed E-state index contributed by atoms with van der Waals surface area (Å²) in [5.41, 5.74) is 3.36. The number of rotatable bonds is 1. The lowest BCUT2D eigenvalue weighted by molar-refractivity contribution is -0.118. The Bertz CT molecular complexity index is 357. The van der Waals surface area contributed by atoms with Gasteiger partial charge >= 0.3 is 0 Å². The Hall–Kier alpha value is -1.37. The van der Waals surface area contributed by atoms with Crippen LogP contribution < -0.4 is 0 Å². The SMILES string of the molecule is Cc1ccc(/C=C2\CCC2=O)cc1. The summed E-state index contributed by atoms with van der Waals surface area (Å²) < 4.78 is 0. The van der Waals surface area contributed by atoms with Crippen LogP contribution in [-0.4, -0.2) is 5.78 Å². The molecule has 1 heteroatoms. The van der Waals surface area contributed by atoms with E-state index in [0.717, 1.165) is 24.0 Å². The first-order chi connectivity index (χ1) is 6.25. The molecule has 1 fully saturated rings. The summed E-state index contributed by atoms with van der Waals surface area (Å²) in [4.78, 5) is 11.0. The highest BCUT2D eigenvalue weighted by molar-refractivity contribution is 6.05. The van der Waals surface area contributed by atoms with Crippen LogP contribution in [0.3, 0.4) is 0 Å². The average Bonchev–Trinajstić information content (AvgIpc) is 2.15. The largest absolute Gasteiger partial charge is 0.295 e. The minimum Gasteiger partial charge on any atom is -0.295 e. The van der Waals surface area contributed by atoms with Gasteiger partial charge in [0.1, 0.15) is 0 Å². The predicted octanol–water partition coefficient (Wildman–Crippen LogP) is 2.74. The zero-order valence-corrected chi connectivity index (χ0v) is 7.71. The third kappa shape index (κ3) is 1.69. The fourth-order valence-corrected chi connectivity index (χ4v) is 1.39. The van der Waals surface area contributed by atoms with Gasteiger partial charge in [-0.25, -0.2) is 0 Å². The maximum absolute atomic E-state index is 11.0. The molecule has 1 aliphatic rings. The molecule has 1 aromatic carbocycles. The van der Waals surface area contributed by atoms with E-state index in [1.54, 1.807) is 0 Å². The number of allylic oxidation sites excluding steroid dienone is 1. The maximum Gasteiger partial charge on any atom is 0.159 e. The molecule has 13 heavy (non-hydrogen) atoms. The Morgan fingerprint density at radius 2 is 1.85 bits per heavy atom. The van der Waals surface area contributed by atoms with Crippen LogP contribution in [0.1, 0.15) is 24.0 Å². The van der Waals surface area contributed by atoms with Gasteiger partial charge in [-0.2, -0.15) is 0 Å². The number of carbonyl (C=O) groups excluding carboxylic acids is 1. The lowest BCUT2D eigenvalue weighted by Crippen LogP contribution is -2.13. The Morgan fingerprint density at radius 3 is 2.31 bits per heavy atom. The second kappa shape index (κ2) is 3.17. The second-order valence-electron chi connectivity index (χ2n) is 3.50. The Morgan fingerprint density at radius 1 is 1.15 bits per heavy atom. The van der Waals surface area contributed by atoms with Crippen LogP contribution >= 0.6 is 0 Å². The number of aryl methyl sites for hydroxylation is 1. The monoisotopic (exact) mass is 172 g/mol. The molecule has 2 rings (SSSR count). The van der Waals surface area contributed by atoms with Crippen molar-refractivity contribution >= 4 is 11.9 Å². The van der Waals surface area contributed by atoms with Crippen molar-refractivity contribution in [1.29, 1.82) is 0 Å². The fraction of sp³-hybridized carbons (Fsp3) is 0.250. The summed E-state index contributed by atoms with van der Waals surface area (Å²) in [7, 11) is 0. The van der Waals surface area contributed by atoms with Crippen LogP contribution in [0.2, 0.25) is 0 Å². The van der Waals surface area contributed by atoms with Crippen LogP contribution in [0, 0.1) is 6.92 Å². The van der Waals surface area contributed by atoms with Gasteiger partial charge in [0.05, 0.1) is 0 Å². The van der Waals surface area contributed by atoms with Crippen molar-refractivity contribution in [1.82, 2.24) is 0 Å². The average molecular weight is 172 g/mol. The van der Waals surface area contributed by atoms with Crippen molar-refractivity contribution in [2.24, 2.45) is 0 Å². The summed E-state index contributed by atoms with van der Waals surface area (Å²) in [6.45, 7) is 2.06. The van der Waals surface area contributed by atoms with E-state index in [4.69, 9.17) is 0 Å². The third-order valence-electron chi connectivity index (χ3n) is 2.40. The van der Waals surface area contributed by atoms with Crippen LogP contribution in [0.15, 0.2) is 29.8 Å². The van der Waals surface area contributed by atoms with E-state index in [-0.39, 0.29) is 0 Å². The molecule has 0 aromatic heterocycles. The molecule has 1 nitrogen and oxygen atoms in total. The van der Waals surface area contributed by atoms with Gasteiger partial charge in [0.25, 0.3) is 0 Å². The van der Waals surface area contributed by atoms with E-state index in [0.29, 0.717) is 5.78 Å². The first-order valence-electron chi connectivity index (χ1n) is 4.56. The lowest BCUT2D eigenvalue weighted by Gasteiger charge is -2.14. The van der Waals surface area contributed by atoms with Gasteiger partial charge in [-0.15, -0.1) is 0 Å². The van der Waals surface area contributed by atoms with Crippen molar-refractivity contribution in [2.45, 2.75) is 19.8 Å². The molecule has 0 aliphatic heterocycles. The Balaban J connectivity index is 2.22. The highest BCUT2D eigenvalue weighted by Crippen LogP contribution is 2.23. The van der Waals surface area contributed by atoms with Crippen LogP contribution in [0.5, 0.6) is 0 Å². The molecular weight excluding hydrogens is 160 g/mol. The quantitative estimate of drug-likeness (QED) is 0.595. The minimum absolute atomic E-state index is 0.306. The number of hydrogen-bond acceptors (Lipinski definition) is 1. The van der Waals surface area contributed by atoms with Gasteiger partial charge in [-0.1, -0.05) is 29.8 Å². The molecule has 0 radical (unpaired) electrons. The smallest absolute Gasteiger partial charge is 0.159 e. The highest BCUT2D eigenvalue weighted by Gasteiger charge is 2.19. The zero-order valence-electron chi connectivity index (χ0n) is 7.71. The van der Waals surface area contributed by atoms with Gasteiger partial charge in [0, 0.05) is 6.42 Å². The maximum atomic E-state index is 11.0. The summed E-state index contributed by atoms with van der Waals surface area (Å²) in [6, 6.07) is 8.23. The van der Waals surface area contributed by atoms with Gasteiger partial charge < -0.3 is 0 Å². The standard InChI is InChI=1S/C12H12O/c1-9-2-4-10(5-3-9)8-11-6-7-12(11)13/h2-5,8H,6-7H2,1H3/b11-8+. The second-order valence-corrected chi connectivity index (χ2v) is 3.50. The highest BCUT2D eigenvalue weighted by atomic mass is 16.1. The van der Waals surface area contributed by atoms with E-state index in [1.807, 2.05) is 18.2 Å². The number of hydrogen-bond donors (Lipinski definition) is 0. The normalized spacial score (nSPS) is 18.8. The van der Waals surface area contributed by atoms with E-state index in [1.165, 1.54) is 5.56 Å². The molecule has 1 saturated carbocycles. The van der Waals surface area contributed by atoms with Crippen LogP contribution in [-0.2, 0) is 4.79 Å². The molecule has 0 N–H and O–H groups in total. The van der Waals surface area contributed by atoms with Gasteiger partial charge in [-0.05, 0) is 30.6 Å². The molecule has 0 atom stereocenters. The lowest BCUT2D eigenvalue weighted by atomic mass is 9.89. The van der Waals surface area contributed by atoms with E-state index < -0.39 is 0 Å². The predicted molar refractivity (Wildman–Crippen MR) is 53.4 cm³/mol. The molecule has 0 amide bonds. The topological polar surface area (TPSA) is 17.1 Å². The summed E-state index contributed by atoms with van der Waals surface area (Å²) in [5, 5.41) is 0. The Kier molecular flexibility index (Phi) is 2.01. The van der Waals surface area contributed by atoms with E-state index >= 15 is 0 Å². The van der Waals surface area contributed by atoms with Crippen molar-refractivity contribution < 1.29 is 4.79 Å². The van der Waals surface area contributed by atoms with Gasteiger partial charge in [-0.3, -0.25) is 4.79 Å². The molecular formula is C12H12O. The van der Waals surface area contributed by atoms with Crippen molar-refractivity contribution in [3.8, 4) is 0 Å². The zero-order chi connectivity index (χ0) is 9.26. The minimum atomic E-state index is 0.306. The van der Waals surface area contributed by atoms with Crippen molar-refractivity contribution in [2.75, 3.05) is 0 Å². The van der Waals surface area contributed by atoms with Crippen molar-refractivity contribution in [3.63, 3.8) is 0 Å². The fourth-order valence-electron chi connectivity index (χ4n) is 1.39. The first kappa shape index (κ1) is 8.24. The van der Waals surface area contributed by atoms with Crippen LogP contribution in [0.4, 0.5) is 0 Å². The summed E-state index contributed by atoms with van der Waals surface area (Å²) >= 11 is 0. The van der Waals surface area contributed by atoms with Crippen LogP contribution in [0.25, 0.3) is 6.08 Å². The molecule has 0 unspecified atom stereocenters. The van der Waals surface area contributed by atoms with Gasteiger partial charge in [0.2, 0.25) is 0 Å². The summed E-state index contributed by atoms with van der Waals surface area (Å²) in [6.07, 6.45) is 3.68. The molecule has 1 aliphatic carbocycles. The number of carbonyl (C=O) groups is 1. The van der Waals surface area contributed by atoms with Crippen molar-refractivity contribution in [3.05, 3.63) is 41.0 Å². The first-order valence-corrected chi connectivity index (χ1v) is 4.56. The molecule has 1 aromatic rings. The molecule has 0 heterocycles.